The van der Waals surface area contributed by atoms with E-state index in [2.05, 4.69) is 10.0 Å². The number of carboxylic acids is 1. The van der Waals surface area contributed by atoms with Crippen molar-refractivity contribution in [1.29, 1.82) is 5.53 Å². The number of hydrogen-bond acceptors (Lipinski definition) is 3. The highest BCUT2D eigenvalue weighted by atomic mass is 35.5. The highest BCUT2D eigenvalue weighted by Gasteiger charge is 2.13. The van der Waals surface area contributed by atoms with Crippen molar-refractivity contribution in [2.45, 2.75) is 0 Å². The molecule has 0 atom stereocenters. The fourth-order valence-electron chi connectivity index (χ4n) is 0.966. The van der Waals surface area contributed by atoms with E-state index in [-0.39, 0.29) is 10.6 Å². The van der Waals surface area contributed by atoms with E-state index in [9.17, 15) is 9.18 Å². The third-order valence-corrected chi connectivity index (χ3v) is 2.05. The number of carbonyl (C=O) groups is 1. The van der Waals surface area contributed by atoms with Gasteiger partial charge >= 0.3 is 5.97 Å². The van der Waals surface area contributed by atoms with Crippen molar-refractivity contribution in [3.63, 3.8) is 0 Å². The molecule has 0 saturated carbocycles. The van der Waals surface area contributed by atoms with Crippen LogP contribution in [0.1, 0.15) is 5.56 Å². The second kappa shape index (κ2) is 5.16. The second-order valence-corrected chi connectivity index (χ2v) is 3.06. The molecule has 0 heterocycles. The Labute approximate surface area is 94.4 Å². The lowest BCUT2D eigenvalue weighted by atomic mass is 10.2. The monoisotopic (exact) mass is 242 g/mol. The second-order valence-electron chi connectivity index (χ2n) is 2.68. The van der Waals surface area contributed by atoms with Gasteiger partial charge in [0.05, 0.1) is 5.02 Å². The van der Waals surface area contributed by atoms with E-state index in [0.717, 1.165) is 12.1 Å². The van der Waals surface area contributed by atoms with Gasteiger partial charge in [0.25, 0.3) is 0 Å². The van der Waals surface area contributed by atoms with Crippen LogP contribution in [0.25, 0.3) is 6.08 Å². The van der Waals surface area contributed by atoms with Crippen molar-refractivity contribution in [3.05, 3.63) is 40.3 Å². The summed E-state index contributed by atoms with van der Waals surface area (Å²) >= 11 is 5.61. The lowest BCUT2D eigenvalue weighted by Crippen LogP contribution is -1.98. The SMILES string of the molecule is N=[N+]=N/C(=C\c1cccc(F)c1Cl)C(=O)O. The summed E-state index contributed by atoms with van der Waals surface area (Å²) in [5.41, 5.74) is 6.10. The topological polar surface area (TPSA) is 87.6 Å². The Hall–Kier alpha value is -2.04. The van der Waals surface area contributed by atoms with Gasteiger partial charge in [-0.05, 0) is 17.7 Å². The largest absolute Gasteiger partial charge is 0.476 e. The van der Waals surface area contributed by atoms with Crippen LogP contribution in [0.3, 0.4) is 0 Å². The lowest BCUT2D eigenvalue weighted by Gasteiger charge is -1.98. The number of rotatable bonds is 3. The van der Waals surface area contributed by atoms with Gasteiger partial charge in [-0.15, -0.1) is 0 Å². The van der Waals surface area contributed by atoms with E-state index in [0.29, 0.717) is 0 Å². The van der Waals surface area contributed by atoms with Crippen molar-refractivity contribution in [2.24, 2.45) is 5.11 Å². The third kappa shape index (κ3) is 2.73. The molecular weight excluding hydrogens is 237 g/mol. The number of nitrogens with zero attached hydrogens (tertiary/aromatic N) is 2. The molecule has 0 aliphatic carbocycles. The molecule has 0 radical (unpaired) electrons. The van der Waals surface area contributed by atoms with E-state index < -0.39 is 17.5 Å². The summed E-state index contributed by atoms with van der Waals surface area (Å²) in [6, 6.07) is 3.95. The molecule has 0 unspecified atom stereocenters. The van der Waals surface area contributed by atoms with Gasteiger partial charge in [-0.3, -0.25) is 0 Å². The Morgan fingerprint density at radius 1 is 1.62 bits per heavy atom. The van der Waals surface area contributed by atoms with Crippen LogP contribution in [0, 0.1) is 11.3 Å². The summed E-state index contributed by atoms with van der Waals surface area (Å²) in [6.07, 6.45) is 1.03. The number of halogens is 2. The predicted octanol–water partition coefficient (Wildman–Crippen LogP) is 2.45. The van der Waals surface area contributed by atoms with E-state index in [1.807, 2.05) is 0 Å². The van der Waals surface area contributed by atoms with Gasteiger partial charge in [-0.2, -0.15) is 0 Å². The first-order valence-corrected chi connectivity index (χ1v) is 4.40. The summed E-state index contributed by atoms with van der Waals surface area (Å²) in [5.74, 6) is -2.04. The molecular formula is C9H6ClFN3O2+. The molecule has 16 heavy (non-hydrogen) atoms. The third-order valence-electron chi connectivity index (χ3n) is 1.65. The number of aliphatic carboxylic acids is 1. The van der Waals surface area contributed by atoms with Crippen LogP contribution in [-0.2, 0) is 4.79 Å². The van der Waals surface area contributed by atoms with Crippen molar-refractivity contribution < 1.29 is 14.3 Å². The minimum absolute atomic E-state index is 0.159. The van der Waals surface area contributed by atoms with Gasteiger partial charge in [-0.25, -0.2) is 9.18 Å². The van der Waals surface area contributed by atoms with E-state index in [4.69, 9.17) is 22.2 Å². The molecule has 1 rings (SSSR count). The van der Waals surface area contributed by atoms with Gasteiger partial charge in [0, 0.05) is 0 Å². The normalized spacial score (nSPS) is 10.8. The van der Waals surface area contributed by atoms with Gasteiger partial charge in [-0.1, -0.05) is 23.7 Å². The van der Waals surface area contributed by atoms with E-state index >= 15 is 0 Å². The Morgan fingerprint density at radius 2 is 2.31 bits per heavy atom. The zero-order valence-corrected chi connectivity index (χ0v) is 8.57. The number of hydrogen-bond donors (Lipinski definition) is 2. The van der Waals surface area contributed by atoms with Crippen LogP contribution < -0.4 is 4.91 Å². The summed E-state index contributed by atoms with van der Waals surface area (Å²) in [7, 11) is 0. The molecule has 0 aliphatic rings. The zero-order valence-electron chi connectivity index (χ0n) is 7.82. The van der Waals surface area contributed by atoms with Crippen LogP contribution in [0.2, 0.25) is 5.02 Å². The number of benzene rings is 1. The van der Waals surface area contributed by atoms with E-state index in [1.54, 1.807) is 0 Å². The number of nitrogens with one attached hydrogen (secondary N) is 1. The van der Waals surface area contributed by atoms with Gasteiger partial charge in [0.2, 0.25) is 10.6 Å². The molecule has 0 bridgehead atoms. The highest BCUT2D eigenvalue weighted by Crippen LogP contribution is 2.22. The Kier molecular flexibility index (Phi) is 3.88. The fourth-order valence-corrected chi connectivity index (χ4v) is 1.15. The van der Waals surface area contributed by atoms with Crippen LogP contribution in [0.4, 0.5) is 4.39 Å². The summed E-state index contributed by atoms with van der Waals surface area (Å²) in [5, 5.41) is 11.5. The van der Waals surface area contributed by atoms with Crippen LogP contribution in [-0.4, -0.2) is 11.1 Å². The Bertz CT molecular complexity index is 505. The van der Waals surface area contributed by atoms with Crippen molar-refractivity contribution in [3.8, 4) is 0 Å². The smallest absolute Gasteiger partial charge is 0.362 e. The van der Waals surface area contributed by atoms with Crippen molar-refractivity contribution >= 4 is 23.6 Å². The van der Waals surface area contributed by atoms with Gasteiger partial charge in [0.15, 0.2) is 5.11 Å². The Morgan fingerprint density at radius 3 is 2.88 bits per heavy atom. The molecule has 82 valence electrons. The summed E-state index contributed by atoms with van der Waals surface area (Å²) in [6.45, 7) is 0. The van der Waals surface area contributed by atoms with Gasteiger partial charge in [0.1, 0.15) is 11.3 Å². The average Bonchev–Trinajstić information content (AvgIpc) is 2.23. The zero-order chi connectivity index (χ0) is 12.1. The molecule has 0 aliphatic heterocycles. The molecule has 7 heteroatoms. The fraction of sp³-hybridized carbons (Fsp3) is 0. The molecule has 2 N–H and O–H groups in total. The average molecular weight is 243 g/mol. The first-order valence-electron chi connectivity index (χ1n) is 4.02. The lowest BCUT2D eigenvalue weighted by molar-refractivity contribution is -0.132. The minimum atomic E-state index is -1.38. The highest BCUT2D eigenvalue weighted by molar-refractivity contribution is 6.32. The molecule has 1 aromatic rings. The maximum Gasteiger partial charge on any atom is 0.362 e. The first-order chi connectivity index (χ1) is 7.56. The van der Waals surface area contributed by atoms with Crippen LogP contribution in [0.5, 0.6) is 0 Å². The molecule has 0 saturated heterocycles. The summed E-state index contributed by atoms with van der Waals surface area (Å²) in [4.78, 5) is 13.2. The minimum Gasteiger partial charge on any atom is -0.476 e. The molecule has 1 aromatic carbocycles. The Balaban J connectivity index is 3.28. The van der Waals surface area contributed by atoms with Crippen LogP contribution in [0.15, 0.2) is 29.0 Å². The maximum absolute atomic E-state index is 13.0. The maximum atomic E-state index is 13.0. The molecule has 0 amide bonds. The summed E-state index contributed by atoms with van der Waals surface area (Å²) < 4.78 is 13.0. The van der Waals surface area contributed by atoms with E-state index in [1.165, 1.54) is 12.1 Å². The van der Waals surface area contributed by atoms with Gasteiger partial charge < -0.3 is 5.11 Å². The molecule has 0 aromatic heterocycles. The molecule has 5 nitrogen and oxygen atoms in total. The quantitative estimate of drug-likeness (QED) is 0.484. The van der Waals surface area contributed by atoms with Crippen LogP contribution >= 0.6 is 11.6 Å². The molecule has 0 fully saturated rings. The standard InChI is InChI=1S/C9H5ClFN3O2/c10-8-5(2-1-3-6(8)11)4-7(9(15)16)13-14-12/h1-4,12H/p+1/b7-4-. The van der Waals surface area contributed by atoms with Crippen molar-refractivity contribution in [1.82, 2.24) is 4.91 Å². The first kappa shape index (κ1) is 12.0. The molecule has 0 spiro atoms. The van der Waals surface area contributed by atoms with Crippen molar-refractivity contribution in [2.75, 3.05) is 0 Å². The number of carboxylic acid groups (broad SMARTS) is 1. The predicted molar refractivity (Wildman–Crippen MR) is 54.3 cm³/mol.